The Hall–Kier alpha value is -2.51. The van der Waals surface area contributed by atoms with Gasteiger partial charge in [-0.3, -0.25) is 4.79 Å². The molecular weight excluding hydrogens is 426 g/mol. The van der Waals surface area contributed by atoms with Crippen molar-refractivity contribution >= 4 is 21.8 Å². The summed E-state index contributed by atoms with van der Waals surface area (Å²) in [7, 11) is -3.73. The van der Waals surface area contributed by atoms with Crippen LogP contribution in [0.3, 0.4) is 0 Å². The highest BCUT2D eigenvalue weighted by Crippen LogP contribution is 2.24. The van der Waals surface area contributed by atoms with Crippen LogP contribution >= 0.6 is 0 Å². The van der Waals surface area contributed by atoms with E-state index in [9.17, 15) is 18.0 Å². The number of rotatable bonds is 8. The fourth-order valence-electron chi connectivity index (χ4n) is 3.36. The molecule has 0 saturated heterocycles. The zero-order valence-corrected chi connectivity index (χ0v) is 20.7. The van der Waals surface area contributed by atoms with Crippen molar-refractivity contribution in [3.8, 4) is 0 Å². The zero-order valence-electron chi connectivity index (χ0n) is 19.9. The molecular formula is C25H33NO5S. The second-order valence-electron chi connectivity index (χ2n) is 8.81. The lowest BCUT2D eigenvalue weighted by Crippen LogP contribution is -2.31. The third-order valence-corrected chi connectivity index (χ3v) is 7.63. The van der Waals surface area contributed by atoms with E-state index in [2.05, 4.69) is 20.8 Å². The third-order valence-electron chi connectivity index (χ3n) is 5.44. The zero-order chi connectivity index (χ0) is 24.3. The van der Waals surface area contributed by atoms with E-state index in [0.717, 1.165) is 5.56 Å². The topological polar surface area (TPSA) is 80.8 Å². The highest BCUT2D eigenvalue weighted by Gasteiger charge is 2.26. The van der Waals surface area contributed by atoms with Crippen molar-refractivity contribution in [2.24, 2.45) is 0 Å². The monoisotopic (exact) mass is 459 g/mol. The Morgan fingerprint density at radius 3 is 2.00 bits per heavy atom. The molecule has 0 aliphatic carbocycles. The van der Waals surface area contributed by atoms with E-state index in [4.69, 9.17) is 4.74 Å². The summed E-state index contributed by atoms with van der Waals surface area (Å²) in [6, 6.07) is 11.7. The SMILES string of the molecule is CCN(CC)S(=O)(=O)c1cc(C(=O)O[C@H](C)C(=O)c2ccc(C(C)(C)C)cc2)ccc1C. The number of ether oxygens (including phenoxy) is 1. The molecule has 6 nitrogen and oxygen atoms in total. The predicted octanol–water partition coefficient (Wildman–Crippen LogP) is 4.75. The molecule has 0 fully saturated rings. The quantitative estimate of drug-likeness (QED) is 0.420. The van der Waals surface area contributed by atoms with Crippen LogP contribution in [0.1, 0.15) is 73.4 Å². The fraction of sp³-hybridized carbons (Fsp3) is 0.440. The molecule has 0 radical (unpaired) electrons. The van der Waals surface area contributed by atoms with Crippen LogP contribution in [0, 0.1) is 6.92 Å². The van der Waals surface area contributed by atoms with Crippen molar-refractivity contribution < 1.29 is 22.7 Å². The third kappa shape index (κ3) is 5.64. The van der Waals surface area contributed by atoms with Crippen LogP contribution in [0.25, 0.3) is 0 Å². The Labute approximate surface area is 191 Å². The van der Waals surface area contributed by atoms with Crippen LogP contribution in [0.4, 0.5) is 0 Å². The van der Waals surface area contributed by atoms with Crippen molar-refractivity contribution in [3.63, 3.8) is 0 Å². The van der Waals surface area contributed by atoms with E-state index in [1.54, 1.807) is 39.0 Å². The summed E-state index contributed by atoms with van der Waals surface area (Å²) in [6.45, 7) is 13.6. The van der Waals surface area contributed by atoms with Gasteiger partial charge in [-0.15, -0.1) is 0 Å². The van der Waals surface area contributed by atoms with Gasteiger partial charge in [0.05, 0.1) is 10.5 Å². The number of hydrogen-bond donors (Lipinski definition) is 0. The molecule has 0 aromatic heterocycles. The molecule has 0 spiro atoms. The first-order valence-electron chi connectivity index (χ1n) is 10.8. The molecule has 2 aromatic carbocycles. The van der Waals surface area contributed by atoms with Crippen molar-refractivity contribution in [1.82, 2.24) is 4.31 Å². The van der Waals surface area contributed by atoms with Crippen LogP contribution in [-0.4, -0.2) is 43.7 Å². The van der Waals surface area contributed by atoms with E-state index in [1.807, 2.05) is 12.1 Å². The van der Waals surface area contributed by atoms with Gasteiger partial charge in [0.15, 0.2) is 6.10 Å². The summed E-state index contributed by atoms with van der Waals surface area (Å²) in [4.78, 5) is 25.5. The Morgan fingerprint density at radius 2 is 1.50 bits per heavy atom. The first kappa shape index (κ1) is 25.7. The van der Waals surface area contributed by atoms with E-state index < -0.39 is 22.1 Å². The lowest BCUT2D eigenvalue weighted by Gasteiger charge is -2.20. The molecule has 0 aliphatic rings. The minimum atomic E-state index is -3.73. The number of sulfonamides is 1. The lowest BCUT2D eigenvalue weighted by molar-refractivity contribution is 0.0318. The predicted molar refractivity (Wildman–Crippen MR) is 126 cm³/mol. The number of carbonyl (C=O) groups is 2. The maximum absolute atomic E-state index is 12.9. The van der Waals surface area contributed by atoms with Gasteiger partial charge in [0.1, 0.15) is 0 Å². The number of benzene rings is 2. The Morgan fingerprint density at radius 1 is 0.969 bits per heavy atom. The minimum absolute atomic E-state index is 0.0335. The molecule has 0 bridgehead atoms. The molecule has 0 aliphatic heterocycles. The minimum Gasteiger partial charge on any atom is -0.451 e. The normalized spacial score (nSPS) is 13.1. The summed E-state index contributed by atoms with van der Waals surface area (Å²) in [5.74, 6) is -1.06. The number of carbonyl (C=O) groups excluding carboxylic acids is 2. The Kier molecular flexibility index (Phi) is 8.02. The smallest absolute Gasteiger partial charge is 0.338 e. The van der Waals surface area contributed by atoms with E-state index >= 15 is 0 Å². The lowest BCUT2D eigenvalue weighted by atomic mass is 9.86. The highest BCUT2D eigenvalue weighted by molar-refractivity contribution is 7.89. The van der Waals surface area contributed by atoms with Crippen LogP contribution in [0.5, 0.6) is 0 Å². The van der Waals surface area contributed by atoms with Crippen molar-refractivity contribution in [2.75, 3.05) is 13.1 Å². The van der Waals surface area contributed by atoms with E-state index in [0.29, 0.717) is 24.2 Å². The average molecular weight is 460 g/mol. The number of ketones is 1. The summed E-state index contributed by atoms with van der Waals surface area (Å²) < 4.78 is 32.6. The summed E-state index contributed by atoms with van der Waals surface area (Å²) in [6.07, 6.45) is -1.01. The van der Waals surface area contributed by atoms with Gasteiger partial charge in [-0.05, 0) is 42.5 Å². The summed E-state index contributed by atoms with van der Waals surface area (Å²) in [5, 5.41) is 0. The standard InChI is InChI=1S/C25H33NO5S/c1-8-26(9-2)32(29,30)22-16-20(11-10-17(22)3)24(28)31-18(4)23(27)19-12-14-21(15-13-19)25(5,6)7/h10-16,18H,8-9H2,1-7H3/t18-/m1/s1. The van der Waals surface area contributed by atoms with Crippen LogP contribution < -0.4 is 0 Å². The second-order valence-corrected chi connectivity index (χ2v) is 10.7. The molecule has 0 saturated carbocycles. The van der Waals surface area contributed by atoms with Gasteiger partial charge in [-0.2, -0.15) is 4.31 Å². The van der Waals surface area contributed by atoms with E-state index in [1.165, 1.54) is 23.4 Å². The molecule has 174 valence electrons. The van der Waals surface area contributed by atoms with Gasteiger partial charge in [-0.25, -0.2) is 13.2 Å². The largest absolute Gasteiger partial charge is 0.451 e. The Bertz CT molecular complexity index is 1080. The Balaban J connectivity index is 2.23. The van der Waals surface area contributed by atoms with E-state index in [-0.39, 0.29) is 21.7 Å². The molecule has 1 atom stereocenters. The van der Waals surface area contributed by atoms with Crippen molar-refractivity contribution in [3.05, 3.63) is 64.7 Å². The molecule has 0 N–H and O–H groups in total. The first-order valence-corrected chi connectivity index (χ1v) is 12.2. The maximum Gasteiger partial charge on any atom is 0.338 e. The number of esters is 1. The number of aryl methyl sites for hydroxylation is 1. The van der Waals surface area contributed by atoms with Crippen LogP contribution in [-0.2, 0) is 20.2 Å². The van der Waals surface area contributed by atoms with Gasteiger partial charge in [-0.1, -0.05) is 65.0 Å². The van der Waals surface area contributed by atoms with Crippen molar-refractivity contribution in [1.29, 1.82) is 0 Å². The second kappa shape index (κ2) is 9.96. The van der Waals surface area contributed by atoms with Gasteiger partial charge in [0, 0.05) is 18.7 Å². The molecule has 2 aromatic rings. The number of nitrogens with zero attached hydrogens (tertiary/aromatic N) is 1. The molecule has 2 rings (SSSR count). The highest BCUT2D eigenvalue weighted by atomic mass is 32.2. The molecule has 0 amide bonds. The first-order chi connectivity index (χ1) is 14.8. The molecule has 7 heteroatoms. The van der Waals surface area contributed by atoms with Gasteiger partial charge < -0.3 is 4.74 Å². The fourth-order valence-corrected chi connectivity index (χ4v) is 5.07. The summed E-state index contributed by atoms with van der Waals surface area (Å²) in [5.41, 5.74) is 2.14. The number of hydrogen-bond acceptors (Lipinski definition) is 5. The van der Waals surface area contributed by atoms with Gasteiger partial charge in [0.25, 0.3) is 0 Å². The van der Waals surface area contributed by atoms with Gasteiger partial charge >= 0.3 is 5.97 Å². The average Bonchev–Trinajstić information content (AvgIpc) is 2.73. The maximum atomic E-state index is 12.9. The number of Topliss-reactive ketones (excluding diaryl/α,β-unsaturated/α-hetero) is 1. The molecule has 0 heterocycles. The van der Waals surface area contributed by atoms with Crippen molar-refractivity contribution in [2.45, 2.75) is 64.9 Å². The molecule has 0 unspecified atom stereocenters. The van der Waals surface area contributed by atoms with Crippen LogP contribution in [0.15, 0.2) is 47.4 Å². The summed E-state index contributed by atoms with van der Waals surface area (Å²) >= 11 is 0. The van der Waals surface area contributed by atoms with Gasteiger partial charge in [0.2, 0.25) is 15.8 Å². The molecule has 32 heavy (non-hydrogen) atoms. The van der Waals surface area contributed by atoms with Crippen LogP contribution in [0.2, 0.25) is 0 Å².